The maximum atomic E-state index is 12.5. The molecule has 0 bridgehead atoms. The molecule has 0 radical (unpaired) electrons. The van der Waals surface area contributed by atoms with Crippen molar-refractivity contribution in [2.24, 2.45) is 0 Å². The van der Waals surface area contributed by atoms with Crippen molar-refractivity contribution in [1.82, 2.24) is 5.16 Å². The summed E-state index contributed by atoms with van der Waals surface area (Å²) in [5, 5.41) is 6.35. The molecule has 0 atom stereocenters. The van der Waals surface area contributed by atoms with Gasteiger partial charge in [0.1, 0.15) is 5.76 Å². The first-order valence-electron chi connectivity index (χ1n) is 7.67. The van der Waals surface area contributed by atoms with Crippen LogP contribution in [-0.4, -0.2) is 24.3 Å². The van der Waals surface area contributed by atoms with Crippen molar-refractivity contribution in [3.63, 3.8) is 0 Å². The molecule has 7 nitrogen and oxygen atoms in total. The first-order chi connectivity index (χ1) is 11.5. The molecule has 0 aliphatic carbocycles. The van der Waals surface area contributed by atoms with Gasteiger partial charge in [0.05, 0.1) is 19.4 Å². The van der Waals surface area contributed by atoms with Crippen molar-refractivity contribution in [2.75, 3.05) is 18.5 Å². The van der Waals surface area contributed by atoms with E-state index in [1.54, 1.807) is 51.1 Å². The van der Waals surface area contributed by atoms with E-state index in [9.17, 15) is 9.36 Å². The Balaban J connectivity index is 2.04. The van der Waals surface area contributed by atoms with E-state index < -0.39 is 7.60 Å². The molecule has 2 rings (SSSR count). The minimum atomic E-state index is -3.16. The second-order valence-electron chi connectivity index (χ2n) is 5.08. The van der Waals surface area contributed by atoms with Crippen molar-refractivity contribution in [1.29, 1.82) is 0 Å². The molecule has 0 saturated carbocycles. The number of carbonyl (C=O) groups excluding carboxylic acids is 1. The Kier molecular flexibility index (Phi) is 6.31. The first-order valence-corrected chi connectivity index (χ1v) is 9.40. The molecular weight excluding hydrogens is 331 g/mol. The van der Waals surface area contributed by atoms with Crippen molar-refractivity contribution < 1.29 is 22.9 Å². The Labute approximate surface area is 140 Å². The van der Waals surface area contributed by atoms with Gasteiger partial charge in [0, 0.05) is 11.6 Å². The van der Waals surface area contributed by atoms with Gasteiger partial charge in [-0.1, -0.05) is 17.3 Å². The summed E-state index contributed by atoms with van der Waals surface area (Å²) in [4.78, 5) is 12.1. The van der Waals surface area contributed by atoms with Crippen LogP contribution >= 0.6 is 7.60 Å². The predicted octanol–water partition coefficient (Wildman–Crippen LogP) is 4.00. The molecule has 0 unspecified atom stereocenters. The van der Waals surface area contributed by atoms with Crippen molar-refractivity contribution >= 4 is 19.3 Å². The van der Waals surface area contributed by atoms with Gasteiger partial charge in [0.25, 0.3) is 5.91 Å². The number of nitrogens with zero attached hydrogens (tertiary/aromatic N) is 1. The lowest BCUT2D eigenvalue weighted by atomic mass is 10.1. The summed E-state index contributed by atoms with van der Waals surface area (Å²) in [5.74, 6) is 0.676. The second-order valence-corrected chi connectivity index (χ2v) is 7.13. The number of carbonyl (C=O) groups is 1. The highest BCUT2D eigenvalue weighted by atomic mass is 31.2. The molecule has 24 heavy (non-hydrogen) atoms. The Bertz CT molecular complexity index is 716. The van der Waals surface area contributed by atoms with Gasteiger partial charge in [-0.2, -0.15) is 0 Å². The standard InChI is InChI=1S/C16H21N2O5P/c1-4-21-24(20,22-5-2)11-13-6-8-14(9-7-13)16(19)17-15-10-12(3)23-18-15/h6-10H,4-5,11H2,1-3H3,(H,17,18,19). The third-order valence-corrected chi connectivity index (χ3v) is 5.17. The average molecular weight is 352 g/mol. The molecule has 0 aliphatic rings. The summed E-state index contributed by atoms with van der Waals surface area (Å²) in [6.45, 7) is 5.91. The van der Waals surface area contributed by atoms with E-state index in [4.69, 9.17) is 13.6 Å². The number of rotatable bonds is 8. The van der Waals surface area contributed by atoms with Gasteiger partial charge >= 0.3 is 7.60 Å². The normalized spacial score (nSPS) is 11.5. The van der Waals surface area contributed by atoms with Crippen LogP contribution in [0.2, 0.25) is 0 Å². The van der Waals surface area contributed by atoms with Gasteiger partial charge in [0.15, 0.2) is 5.82 Å². The van der Waals surface area contributed by atoms with Crippen molar-refractivity contribution in [2.45, 2.75) is 26.9 Å². The summed E-state index contributed by atoms with van der Waals surface area (Å²) in [6, 6.07) is 8.40. The van der Waals surface area contributed by atoms with Crippen LogP contribution in [0.25, 0.3) is 0 Å². The van der Waals surface area contributed by atoms with Crippen LogP contribution in [0.3, 0.4) is 0 Å². The van der Waals surface area contributed by atoms with E-state index in [0.717, 1.165) is 5.56 Å². The lowest BCUT2D eigenvalue weighted by Crippen LogP contribution is -2.12. The third kappa shape index (κ3) is 5.03. The van der Waals surface area contributed by atoms with E-state index in [0.29, 0.717) is 30.4 Å². The van der Waals surface area contributed by atoms with E-state index in [1.807, 2.05) is 0 Å². The maximum Gasteiger partial charge on any atom is 0.335 e. The van der Waals surface area contributed by atoms with Crippen LogP contribution in [0.1, 0.15) is 35.5 Å². The zero-order chi connectivity index (χ0) is 17.6. The Morgan fingerprint density at radius 1 is 1.21 bits per heavy atom. The molecule has 2 aromatic rings. The zero-order valence-electron chi connectivity index (χ0n) is 13.9. The number of benzene rings is 1. The van der Waals surface area contributed by atoms with Crippen molar-refractivity contribution in [3.8, 4) is 0 Å². The predicted molar refractivity (Wildman–Crippen MR) is 90.2 cm³/mol. The molecule has 130 valence electrons. The summed E-state index contributed by atoms with van der Waals surface area (Å²) >= 11 is 0. The van der Waals surface area contributed by atoms with Crippen LogP contribution in [0.4, 0.5) is 5.82 Å². The highest BCUT2D eigenvalue weighted by molar-refractivity contribution is 7.53. The fraction of sp³-hybridized carbons (Fsp3) is 0.375. The van der Waals surface area contributed by atoms with Gasteiger partial charge in [0.2, 0.25) is 0 Å². The van der Waals surface area contributed by atoms with Crippen molar-refractivity contribution in [3.05, 3.63) is 47.2 Å². The molecule has 1 aromatic carbocycles. The average Bonchev–Trinajstić information content (AvgIpc) is 2.93. The van der Waals surface area contributed by atoms with Gasteiger partial charge < -0.3 is 18.9 Å². The first kappa shape index (κ1) is 18.4. The fourth-order valence-corrected chi connectivity index (χ4v) is 3.82. The number of aryl methyl sites for hydroxylation is 1. The highest BCUT2D eigenvalue weighted by Gasteiger charge is 2.24. The molecule has 0 spiro atoms. The number of aromatic nitrogens is 1. The molecule has 0 saturated heterocycles. The van der Waals surface area contributed by atoms with Crippen LogP contribution in [0.15, 0.2) is 34.9 Å². The topological polar surface area (TPSA) is 90.7 Å². The molecule has 0 fully saturated rings. The second kappa shape index (κ2) is 8.24. The van der Waals surface area contributed by atoms with Gasteiger partial charge in [-0.3, -0.25) is 9.36 Å². The van der Waals surface area contributed by atoms with Crippen LogP contribution in [-0.2, 0) is 19.8 Å². The van der Waals surface area contributed by atoms with Gasteiger partial charge in [-0.25, -0.2) is 0 Å². The van der Waals surface area contributed by atoms with Crippen LogP contribution in [0.5, 0.6) is 0 Å². The van der Waals surface area contributed by atoms with Crippen LogP contribution < -0.4 is 5.32 Å². The molecule has 1 N–H and O–H groups in total. The van der Waals surface area contributed by atoms with Crippen LogP contribution in [0, 0.1) is 6.92 Å². The summed E-state index contributed by atoms with van der Waals surface area (Å²) < 4.78 is 27.9. The fourth-order valence-electron chi connectivity index (χ4n) is 2.12. The Hall–Kier alpha value is -1.95. The number of anilines is 1. The largest absolute Gasteiger partial charge is 0.360 e. The summed E-state index contributed by atoms with van der Waals surface area (Å²) in [7, 11) is -3.16. The maximum absolute atomic E-state index is 12.5. The summed E-state index contributed by atoms with van der Waals surface area (Å²) in [6.07, 6.45) is 0.166. The quantitative estimate of drug-likeness (QED) is 0.722. The molecule has 1 amide bonds. The third-order valence-electron chi connectivity index (χ3n) is 3.11. The molecule has 0 aliphatic heterocycles. The highest BCUT2D eigenvalue weighted by Crippen LogP contribution is 2.51. The molecular formula is C16H21N2O5P. The molecule has 1 aromatic heterocycles. The van der Waals surface area contributed by atoms with Gasteiger partial charge in [-0.05, 0) is 38.5 Å². The van der Waals surface area contributed by atoms with Gasteiger partial charge in [-0.15, -0.1) is 0 Å². The van der Waals surface area contributed by atoms with E-state index in [2.05, 4.69) is 10.5 Å². The summed E-state index contributed by atoms with van der Waals surface area (Å²) in [5.41, 5.74) is 1.23. The number of nitrogens with one attached hydrogen (secondary N) is 1. The van der Waals surface area contributed by atoms with E-state index in [-0.39, 0.29) is 12.1 Å². The minimum absolute atomic E-state index is 0.166. The molecule has 1 heterocycles. The monoisotopic (exact) mass is 352 g/mol. The smallest absolute Gasteiger partial charge is 0.335 e. The zero-order valence-corrected chi connectivity index (χ0v) is 14.8. The van der Waals surface area contributed by atoms with E-state index >= 15 is 0 Å². The Morgan fingerprint density at radius 2 is 1.83 bits per heavy atom. The SMILES string of the molecule is CCOP(=O)(Cc1ccc(C(=O)Nc2cc(C)on2)cc1)OCC. The minimum Gasteiger partial charge on any atom is -0.360 e. The number of hydrogen-bond acceptors (Lipinski definition) is 6. The molecule has 8 heteroatoms. The number of hydrogen-bond donors (Lipinski definition) is 1. The lowest BCUT2D eigenvalue weighted by molar-refractivity contribution is 0.102. The Morgan fingerprint density at radius 3 is 2.33 bits per heavy atom. The van der Waals surface area contributed by atoms with E-state index in [1.165, 1.54) is 0 Å². The number of amides is 1. The lowest BCUT2D eigenvalue weighted by Gasteiger charge is -2.17.